The number of rotatable bonds is 6. The Labute approximate surface area is 140 Å². The molecule has 0 unspecified atom stereocenters. The van der Waals surface area contributed by atoms with Crippen LogP contribution in [0.25, 0.3) is 0 Å². The molecule has 128 valence electrons. The van der Waals surface area contributed by atoms with E-state index in [1.165, 1.54) is 6.07 Å². The number of benzene rings is 1. The molecule has 1 amide bonds. The number of amides is 1. The number of aryl methyl sites for hydroxylation is 1. The maximum Gasteiger partial charge on any atom is 0.340 e. The first-order chi connectivity index (χ1) is 11.5. The summed E-state index contributed by atoms with van der Waals surface area (Å²) in [4.78, 5) is 27.2. The van der Waals surface area contributed by atoms with Gasteiger partial charge in [-0.15, -0.1) is 0 Å². The summed E-state index contributed by atoms with van der Waals surface area (Å²) in [5.74, 6) is -1.07. The second-order valence-electron chi connectivity index (χ2n) is 5.44. The predicted octanol–water partition coefficient (Wildman–Crippen LogP) is 2.92. The van der Waals surface area contributed by atoms with Crippen LogP contribution in [0.15, 0.2) is 24.3 Å². The Kier molecular flexibility index (Phi) is 5.73. The summed E-state index contributed by atoms with van der Waals surface area (Å²) in [6, 6.07) is 6.45. The summed E-state index contributed by atoms with van der Waals surface area (Å²) >= 11 is 0. The minimum Gasteiger partial charge on any atom is -0.462 e. The highest BCUT2D eigenvalue weighted by molar-refractivity contribution is 6.00. The molecule has 1 heterocycles. The van der Waals surface area contributed by atoms with E-state index in [1.54, 1.807) is 39.0 Å². The second kappa shape index (κ2) is 7.77. The molecule has 0 radical (unpaired) electrons. The van der Waals surface area contributed by atoms with Crippen LogP contribution in [0.3, 0.4) is 0 Å². The number of carbonyl (C=O) groups is 2. The number of aromatic amines is 1. The Morgan fingerprint density at radius 2 is 1.96 bits per heavy atom. The van der Waals surface area contributed by atoms with Gasteiger partial charge in [0.2, 0.25) is 0 Å². The highest BCUT2D eigenvalue weighted by atomic mass is 19.1. The number of halogens is 1. The number of hydrogen-bond acceptors (Lipinski definition) is 3. The molecular weight excluding hydrogens is 311 g/mol. The van der Waals surface area contributed by atoms with Gasteiger partial charge in [-0.3, -0.25) is 4.79 Å². The molecule has 0 atom stereocenters. The molecule has 24 heavy (non-hydrogen) atoms. The molecule has 1 aromatic carbocycles. The van der Waals surface area contributed by atoms with Crippen molar-refractivity contribution in [1.29, 1.82) is 0 Å². The normalized spacial score (nSPS) is 10.5. The molecule has 0 aliphatic heterocycles. The lowest BCUT2D eigenvalue weighted by atomic mass is 10.1. The second-order valence-corrected chi connectivity index (χ2v) is 5.44. The third-order valence-electron chi connectivity index (χ3n) is 3.78. The van der Waals surface area contributed by atoms with Crippen LogP contribution in [0.4, 0.5) is 4.39 Å². The highest BCUT2D eigenvalue weighted by Crippen LogP contribution is 2.19. The van der Waals surface area contributed by atoms with Crippen molar-refractivity contribution in [2.45, 2.75) is 27.2 Å². The van der Waals surface area contributed by atoms with Gasteiger partial charge in [-0.05, 0) is 44.4 Å². The zero-order valence-corrected chi connectivity index (χ0v) is 14.0. The van der Waals surface area contributed by atoms with Gasteiger partial charge in [-0.2, -0.15) is 0 Å². The number of hydrogen-bond donors (Lipinski definition) is 2. The lowest BCUT2D eigenvalue weighted by molar-refractivity contribution is 0.0525. The third-order valence-corrected chi connectivity index (χ3v) is 3.78. The molecule has 0 saturated heterocycles. The Morgan fingerprint density at radius 1 is 1.25 bits per heavy atom. The van der Waals surface area contributed by atoms with Gasteiger partial charge in [0.15, 0.2) is 0 Å². The molecule has 0 aliphatic rings. The van der Waals surface area contributed by atoms with Gasteiger partial charge in [0.25, 0.3) is 5.91 Å². The number of ether oxygens (including phenoxy) is 1. The predicted molar refractivity (Wildman–Crippen MR) is 88.7 cm³/mol. The lowest BCUT2D eigenvalue weighted by Crippen LogP contribution is -2.27. The standard InChI is InChI=1S/C18H21FN2O3/c1-4-24-18(23)15-11(2)16(21-12(15)3)17(22)20-10-9-13-7-5-6-8-14(13)19/h5-8,21H,4,9-10H2,1-3H3,(H,20,22). The minimum atomic E-state index is -0.450. The number of nitrogens with one attached hydrogen (secondary N) is 2. The molecule has 0 spiro atoms. The maximum absolute atomic E-state index is 13.5. The first-order valence-corrected chi connectivity index (χ1v) is 7.83. The molecule has 0 bridgehead atoms. The van der Waals surface area contributed by atoms with Crippen LogP contribution in [0.5, 0.6) is 0 Å². The van der Waals surface area contributed by atoms with Gasteiger partial charge in [-0.1, -0.05) is 18.2 Å². The van der Waals surface area contributed by atoms with Crippen molar-refractivity contribution in [3.63, 3.8) is 0 Å². The van der Waals surface area contributed by atoms with E-state index in [0.717, 1.165) is 0 Å². The van der Waals surface area contributed by atoms with Crippen molar-refractivity contribution in [3.05, 3.63) is 58.2 Å². The molecule has 0 aliphatic carbocycles. The van der Waals surface area contributed by atoms with E-state index >= 15 is 0 Å². The molecule has 0 fully saturated rings. The fourth-order valence-electron chi connectivity index (χ4n) is 2.59. The minimum absolute atomic E-state index is 0.271. The summed E-state index contributed by atoms with van der Waals surface area (Å²) in [6.07, 6.45) is 0.391. The quantitative estimate of drug-likeness (QED) is 0.799. The molecule has 2 N–H and O–H groups in total. The van der Waals surface area contributed by atoms with Gasteiger partial charge >= 0.3 is 5.97 Å². The Bertz CT molecular complexity index is 753. The van der Waals surface area contributed by atoms with Crippen LogP contribution in [-0.4, -0.2) is 30.0 Å². The van der Waals surface area contributed by atoms with Crippen molar-refractivity contribution in [2.75, 3.05) is 13.2 Å². The van der Waals surface area contributed by atoms with Crippen molar-refractivity contribution in [3.8, 4) is 0 Å². The van der Waals surface area contributed by atoms with E-state index in [9.17, 15) is 14.0 Å². The lowest BCUT2D eigenvalue weighted by Gasteiger charge is -2.06. The largest absolute Gasteiger partial charge is 0.462 e. The molecule has 1 aromatic heterocycles. The number of H-pyrrole nitrogens is 1. The third kappa shape index (κ3) is 3.82. The average molecular weight is 332 g/mol. The summed E-state index contributed by atoms with van der Waals surface area (Å²) in [7, 11) is 0. The molecule has 0 saturated carbocycles. The van der Waals surface area contributed by atoms with Gasteiger partial charge in [0, 0.05) is 12.2 Å². The van der Waals surface area contributed by atoms with Crippen molar-refractivity contribution >= 4 is 11.9 Å². The van der Waals surface area contributed by atoms with Crippen molar-refractivity contribution in [1.82, 2.24) is 10.3 Å². The zero-order chi connectivity index (χ0) is 17.7. The van der Waals surface area contributed by atoms with Crippen LogP contribution in [-0.2, 0) is 11.2 Å². The topological polar surface area (TPSA) is 71.2 Å². The van der Waals surface area contributed by atoms with Gasteiger partial charge < -0.3 is 15.0 Å². The molecule has 6 heteroatoms. The Hall–Kier alpha value is -2.63. The van der Waals surface area contributed by atoms with Gasteiger partial charge in [0.1, 0.15) is 11.5 Å². The van der Waals surface area contributed by atoms with E-state index in [-0.39, 0.29) is 18.3 Å². The Morgan fingerprint density at radius 3 is 2.62 bits per heavy atom. The van der Waals surface area contributed by atoms with E-state index in [1.807, 2.05) is 0 Å². The Balaban J connectivity index is 2.04. The van der Waals surface area contributed by atoms with E-state index < -0.39 is 5.97 Å². The number of carbonyl (C=O) groups excluding carboxylic acids is 2. The summed E-state index contributed by atoms with van der Waals surface area (Å²) < 4.78 is 18.6. The first kappa shape index (κ1) is 17.7. The average Bonchev–Trinajstić information content (AvgIpc) is 2.84. The monoisotopic (exact) mass is 332 g/mol. The van der Waals surface area contributed by atoms with Crippen LogP contribution in [0.2, 0.25) is 0 Å². The highest BCUT2D eigenvalue weighted by Gasteiger charge is 2.22. The molecule has 2 rings (SSSR count). The maximum atomic E-state index is 13.5. The van der Waals surface area contributed by atoms with Crippen LogP contribution < -0.4 is 5.32 Å². The van der Waals surface area contributed by atoms with E-state index in [2.05, 4.69) is 10.3 Å². The fourth-order valence-corrected chi connectivity index (χ4v) is 2.59. The van der Waals surface area contributed by atoms with Gasteiger partial charge in [-0.25, -0.2) is 9.18 Å². The summed E-state index contributed by atoms with van der Waals surface area (Å²) in [5.41, 5.74) is 2.39. The van der Waals surface area contributed by atoms with Crippen LogP contribution in [0.1, 0.15) is 44.6 Å². The molecule has 5 nitrogen and oxygen atoms in total. The number of esters is 1. The summed E-state index contributed by atoms with van der Waals surface area (Å²) in [5, 5.41) is 2.74. The molecular formula is C18H21FN2O3. The summed E-state index contributed by atoms with van der Waals surface area (Å²) in [6.45, 7) is 5.71. The van der Waals surface area contributed by atoms with Crippen LogP contribution in [0, 0.1) is 19.7 Å². The number of aromatic nitrogens is 1. The first-order valence-electron chi connectivity index (χ1n) is 7.83. The van der Waals surface area contributed by atoms with Crippen LogP contribution >= 0.6 is 0 Å². The zero-order valence-electron chi connectivity index (χ0n) is 14.0. The fraction of sp³-hybridized carbons (Fsp3) is 0.333. The van der Waals surface area contributed by atoms with E-state index in [0.29, 0.717) is 41.0 Å². The van der Waals surface area contributed by atoms with Gasteiger partial charge in [0.05, 0.1) is 12.2 Å². The van der Waals surface area contributed by atoms with Crippen molar-refractivity contribution < 1.29 is 18.7 Å². The van der Waals surface area contributed by atoms with Crippen molar-refractivity contribution in [2.24, 2.45) is 0 Å². The smallest absolute Gasteiger partial charge is 0.340 e. The SMILES string of the molecule is CCOC(=O)c1c(C)[nH]c(C(=O)NCCc2ccccc2F)c1C. The van der Waals surface area contributed by atoms with E-state index in [4.69, 9.17) is 4.74 Å². The molecule has 2 aromatic rings.